The quantitative estimate of drug-likeness (QED) is 0.590. The number of carbonyl (C=O) groups excluding carboxylic acids is 1. The van der Waals surface area contributed by atoms with Gasteiger partial charge in [-0.25, -0.2) is 5.43 Å². The van der Waals surface area contributed by atoms with Gasteiger partial charge in [0.15, 0.2) is 11.5 Å². The molecule has 0 fully saturated rings. The molecule has 1 aliphatic rings. The Morgan fingerprint density at radius 3 is 2.77 bits per heavy atom. The molecule has 0 radical (unpaired) electrons. The molecule has 3 rings (SSSR count). The number of ether oxygens (including phenoxy) is 3. The summed E-state index contributed by atoms with van der Waals surface area (Å²) in [5, 5.41) is 7.10. The lowest BCUT2D eigenvalue weighted by Crippen LogP contribution is -2.34. The number of carbonyl (C=O) groups is 1. The molecule has 7 heteroatoms. The summed E-state index contributed by atoms with van der Waals surface area (Å²) < 4.78 is 16.0. The monoisotopic (exact) mass is 355 g/mol. The highest BCUT2D eigenvalue weighted by atomic mass is 16.7. The molecule has 1 amide bonds. The minimum absolute atomic E-state index is 0.224. The van der Waals surface area contributed by atoms with E-state index in [1.54, 1.807) is 19.2 Å². The lowest BCUT2D eigenvalue weighted by atomic mass is 10.2. The van der Waals surface area contributed by atoms with Gasteiger partial charge in [0.05, 0.1) is 12.8 Å². The first kappa shape index (κ1) is 17.6. The number of hydrogen-bond donors (Lipinski definition) is 2. The number of fused-ring (bicyclic) bond motifs is 1. The summed E-state index contributed by atoms with van der Waals surface area (Å²) in [7, 11) is 0. The van der Waals surface area contributed by atoms with Crippen molar-refractivity contribution in [2.45, 2.75) is 19.9 Å². The van der Waals surface area contributed by atoms with Gasteiger partial charge in [0.2, 0.25) is 6.79 Å². The maximum atomic E-state index is 12.1. The fourth-order valence-electron chi connectivity index (χ4n) is 2.39. The molecule has 1 atom stereocenters. The maximum absolute atomic E-state index is 12.1. The molecule has 0 saturated carbocycles. The normalized spacial score (nSPS) is 13.5. The molecule has 1 heterocycles. The lowest BCUT2D eigenvalue weighted by molar-refractivity contribution is -0.121. The first-order valence-corrected chi connectivity index (χ1v) is 8.37. The van der Waals surface area contributed by atoms with Crippen molar-refractivity contribution in [1.29, 1.82) is 0 Å². The van der Waals surface area contributed by atoms with Crippen LogP contribution in [0.1, 0.15) is 19.4 Å². The van der Waals surface area contributed by atoms with Crippen molar-refractivity contribution in [3.05, 3.63) is 48.0 Å². The number of rotatable bonds is 7. The van der Waals surface area contributed by atoms with Gasteiger partial charge in [0.1, 0.15) is 11.8 Å². The third-order valence-electron chi connectivity index (χ3n) is 3.73. The van der Waals surface area contributed by atoms with Crippen LogP contribution in [0.25, 0.3) is 0 Å². The summed E-state index contributed by atoms with van der Waals surface area (Å²) in [6.45, 7) is 4.54. The van der Waals surface area contributed by atoms with Crippen LogP contribution in [0.4, 0.5) is 5.69 Å². The van der Waals surface area contributed by atoms with Crippen molar-refractivity contribution in [2.75, 3.05) is 18.7 Å². The van der Waals surface area contributed by atoms with E-state index in [9.17, 15) is 4.79 Å². The molecule has 2 aromatic rings. The molecule has 7 nitrogen and oxygen atoms in total. The fourth-order valence-corrected chi connectivity index (χ4v) is 2.39. The van der Waals surface area contributed by atoms with Crippen molar-refractivity contribution < 1.29 is 19.0 Å². The van der Waals surface area contributed by atoms with Crippen molar-refractivity contribution >= 4 is 17.8 Å². The smallest absolute Gasteiger partial charge is 0.262 e. The van der Waals surface area contributed by atoms with Gasteiger partial charge in [-0.2, -0.15) is 5.10 Å². The fraction of sp³-hybridized carbons (Fsp3) is 0.263. The van der Waals surface area contributed by atoms with E-state index in [0.717, 1.165) is 17.0 Å². The molecule has 1 aliphatic heterocycles. The van der Waals surface area contributed by atoms with Gasteiger partial charge in [0.25, 0.3) is 5.91 Å². The van der Waals surface area contributed by atoms with Crippen molar-refractivity contribution in [1.82, 2.24) is 5.43 Å². The predicted octanol–water partition coefficient (Wildman–Crippen LogP) is 2.76. The van der Waals surface area contributed by atoms with E-state index >= 15 is 0 Å². The molecule has 2 aromatic carbocycles. The highest BCUT2D eigenvalue weighted by molar-refractivity contribution is 5.86. The molecule has 136 valence electrons. The maximum Gasteiger partial charge on any atom is 0.262 e. The van der Waals surface area contributed by atoms with Crippen LogP contribution in [0.2, 0.25) is 0 Å². The first-order chi connectivity index (χ1) is 12.7. The van der Waals surface area contributed by atoms with Gasteiger partial charge in [-0.05, 0) is 61.9 Å². The van der Waals surface area contributed by atoms with Gasteiger partial charge < -0.3 is 19.5 Å². The highest BCUT2D eigenvalue weighted by Crippen LogP contribution is 2.31. The number of nitrogens with one attached hydrogen (secondary N) is 2. The topological polar surface area (TPSA) is 81.2 Å². The predicted molar refractivity (Wildman–Crippen MR) is 99.0 cm³/mol. The van der Waals surface area contributed by atoms with Gasteiger partial charge in [-0.3, -0.25) is 4.79 Å². The van der Waals surface area contributed by atoms with Crippen LogP contribution in [0.3, 0.4) is 0 Å². The second-order valence-electron chi connectivity index (χ2n) is 5.67. The zero-order chi connectivity index (χ0) is 18.4. The Labute approximate surface area is 152 Å². The Balaban J connectivity index is 1.50. The Kier molecular flexibility index (Phi) is 5.58. The molecule has 0 aliphatic carbocycles. The van der Waals surface area contributed by atoms with Crippen LogP contribution in [0.15, 0.2) is 47.6 Å². The zero-order valence-electron chi connectivity index (χ0n) is 14.7. The number of anilines is 1. The molecule has 2 N–H and O–H groups in total. The molecular weight excluding hydrogens is 334 g/mol. The molecule has 0 aromatic heterocycles. The van der Waals surface area contributed by atoms with E-state index in [0.29, 0.717) is 18.1 Å². The standard InChI is InChI=1S/C19H21N3O4/c1-3-24-16-7-5-15(6-8-16)21-13(2)19(23)22-20-11-14-4-9-17-18(10-14)26-12-25-17/h4-11,13,21H,3,12H2,1-2H3,(H,22,23)/b20-11-/t13-/m0/s1. The Bertz CT molecular complexity index is 790. The van der Waals surface area contributed by atoms with Crippen molar-refractivity contribution in [2.24, 2.45) is 5.10 Å². The third-order valence-corrected chi connectivity index (χ3v) is 3.73. The Morgan fingerprint density at radius 2 is 2.00 bits per heavy atom. The highest BCUT2D eigenvalue weighted by Gasteiger charge is 2.13. The summed E-state index contributed by atoms with van der Waals surface area (Å²) in [4.78, 5) is 12.1. The molecule has 0 unspecified atom stereocenters. The lowest BCUT2D eigenvalue weighted by Gasteiger charge is -2.14. The number of amides is 1. The number of nitrogens with zero attached hydrogens (tertiary/aromatic N) is 1. The summed E-state index contributed by atoms with van der Waals surface area (Å²) in [6.07, 6.45) is 1.56. The van der Waals surface area contributed by atoms with Crippen LogP contribution in [-0.4, -0.2) is 31.6 Å². The second kappa shape index (κ2) is 8.24. The summed E-state index contributed by atoms with van der Waals surface area (Å²) in [5.74, 6) is 1.93. The van der Waals surface area contributed by atoms with Crippen LogP contribution in [0.5, 0.6) is 17.2 Å². The number of hydrogen-bond acceptors (Lipinski definition) is 6. The van der Waals surface area contributed by atoms with Gasteiger partial charge >= 0.3 is 0 Å². The third kappa shape index (κ3) is 4.44. The molecule has 0 spiro atoms. The van der Waals surface area contributed by atoms with Gasteiger partial charge in [-0.1, -0.05) is 0 Å². The number of hydrazone groups is 1. The van der Waals surface area contributed by atoms with E-state index in [4.69, 9.17) is 14.2 Å². The van der Waals surface area contributed by atoms with E-state index in [2.05, 4.69) is 15.8 Å². The van der Waals surface area contributed by atoms with Crippen molar-refractivity contribution in [3.63, 3.8) is 0 Å². The second-order valence-corrected chi connectivity index (χ2v) is 5.67. The van der Waals surface area contributed by atoms with Gasteiger partial charge in [-0.15, -0.1) is 0 Å². The van der Waals surface area contributed by atoms with Crippen LogP contribution >= 0.6 is 0 Å². The molecular formula is C19H21N3O4. The van der Waals surface area contributed by atoms with Crippen molar-refractivity contribution in [3.8, 4) is 17.2 Å². The minimum Gasteiger partial charge on any atom is -0.494 e. The Hall–Kier alpha value is -3.22. The molecule has 0 saturated heterocycles. The largest absolute Gasteiger partial charge is 0.494 e. The van der Waals surface area contributed by atoms with Crippen LogP contribution in [-0.2, 0) is 4.79 Å². The zero-order valence-corrected chi connectivity index (χ0v) is 14.7. The van der Waals surface area contributed by atoms with E-state index in [-0.39, 0.29) is 12.7 Å². The SMILES string of the molecule is CCOc1ccc(N[C@@H](C)C(=O)N/N=C\c2ccc3c(c2)OCO3)cc1. The van der Waals surface area contributed by atoms with Crippen LogP contribution < -0.4 is 25.0 Å². The van der Waals surface area contributed by atoms with E-state index in [1.807, 2.05) is 43.3 Å². The first-order valence-electron chi connectivity index (χ1n) is 8.37. The summed E-state index contributed by atoms with van der Waals surface area (Å²) >= 11 is 0. The average Bonchev–Trinajstić information content (AvgIpc) is 3.11. The van der Waals surface area contributed by atoms with E-state index < -0.39 is 6.04 Å². The molecule has 0 bridgehead atoms. The average molecular weight is 355 g/mol. The summed E-state index contributed by atoms with van der Waals surface area (Å²) in [6, 6.07) is 12.4. The summed E-state index contributed by atoms with van der Waals surface area (Å²) in [5.41, 5.74) is 4.16. The van der Waals surface area contributed by atoms with E-state index in [1.165, 1.54) is 0 Å². The van der Waals surface area contributed by atoms with Gasteiger partial charge in [0, 0.05) is 5.69 Å². The number of benzene rings is 2. The Morgan fingerprint density at radius 1 is 1.23 bits per heavy atom. The van der Waals surface area contributed by atoms with Crippen LogP contribution in [0, 0.1) is 0 Å². The minimum atomic E-state index is -0.443. The molecule has 26 heavy (non-hydrogen) atoms.